The molecule has 1 fully saturated rings. The second-order valence-corrected chi connectivity index (χ2v) is 6.02. The van der Waals surface area contributed by atoms with Gasteiger partial charge in [0, 0.05) is 5.33 Å². The predicted molar refractivity (Wildman–Crippen MR) is 72.6 cm³/mol. The zero-order valence-electron chi connectivity index (χ0n) is 10.3. The molecule has 1 rings (SSSR count). The van der Waals surface area contributed by atoms with Gasteiger partial charge in [0.1, 0.15) is 0 Å². The Hall–Kier alpha value is 0.480. The molecule has 0 aromatic heterocycles. The summed E-state index contributed by atoms with van der Waals surface area (Å²) in [6, 6.07) is 0. The molecule has 1 aliphatic rings. The highest BCUT2D eigenvalue weighted by Gasteiger charge is 2.23. The molecule has 0 spiro atoms. The van der Waals surface area contributed by atoms with Crippen molar-refractivity contribution in [2.24, 2.45) is 11.8 Å². The van der Waals surface area contributed by atoms with Crippen molar-refractivity contribution in [3.63, 3.8) is 0 Å². The van der Waals surface area contributed by atoms with Gasteiger partial charge in [-0.05, 0) is 24.7 Å². The van der Waals surface area contributed by atoms with E-state index in [0.29, 0.717) is 0 Å². The Morgan fingerprint density at radius 3 is 2.20 bits per heavy atom. The third-order valence-electron chi connectivity index (χ3n) is 3.86. The van der Waals surface area contributed by atoms with Gasteiger partial charge in [-0.3, -0.25) is 0 Å². The van der Waals surface area contributed by atoms with Crippen LogP contribution in [0.25, 0.3) is 0 Å². The fourth-order valence-electron chi connectivity index (χ4n) is 2.90. The second kappa shape index (κ2) is 8.61. The monoisotopic (exact) mass is 274 g/mol. The number of hydrogen-bond donors (Lipinski definition) is 0. The molecule has 0 heterocycles. The lowest BCUT2D eigenvalue weighted by atomic mass is 9.96. The Bertz CT molecular complexity index is 144. The first-order valence-corrected chi connectivity index (χ1v) is 8.05. The molecule has 0 bridgehead atoms. The molecule has 0 aliphatic heterocycles. The number of hydrogen-bond acceptors (Lipinski definition) is 0. The summed E-state index contributed by atoms with van der Waals surface area (Å²) in [6.45, 7) is 2.31. The first-order chi connectivity index (χ1) is 7.36. The molecule has 0 radical (unpaired) electrons. The van der Waals surface area contributed by atoms with Crippen molar-refractivity contribution in [3.8, 4) is 0 Å². The van der Waals surface area contributed by atoms with Gasteiger partial charge in [0.15, 0.2) is 0 Å². The van der Waals surface area contributed by atoms with E-state index in [1.54, 1.807) is 6.42 Å². The van der Waals surface area contributed by atoms with E-state index < -0.39 is 0 Å². The normalized spacial score (nSPS) is 26.0. The van der Waals surface area contributed by atoms with Crippen LogP contribution in [-0.2, 0) is 0 Å². The highest BCUT2D eigenvalue weighted by atomic mass is 79.9. The van der Waals surface area contributed by atoms with Crippen LogP contribution in [0.2, 0.25) is 0 Å². The van der Waals surface area contributed by atoms with Crippen molar-refractivity contribution in [2.75, 3.05) is 5.33 Å². The van der Waals surface area contributed by atoms with E-state index in [1.807, 2.05) is 0 Å². The summed E-state index contributed by atoms with van der Waals surface area (Å²) in [5.74, 6) is 2.17. The molecule has 0 N–H and O–H groups in total. The average Bonchev–Trinajstić information content (AvgIpc) is 2.69. The van der Waals surface area contributed by atoms with Crippen molar-refractivity contribution in [2.45, 2.75) is 71.1 Å². The standard InChI is InChI=1S/C14H27Br/c1-2-3-7-13-9-10-14(12-13)8-5-4-6-11-15/h13-14H,2-12H2,1H3. The lowest BCUT2D eigenvalue weighted by molar-refractivity contribution is 0.423. The Labute approximate surface area is 104 Å². The summed E-state index contributed by atoms with van der Waals surface area (Å²) >= 11 is 3.50. The highest BCUT2D eigenvalue weighted by Crippen LogP contribution is 2.36. The van der Waals surface area contributed by atoms with Crippen LogP contribution in [0.5, 0.6) is 0 Å². The van der Waals surface area contributed by atoms with Gasteiger partial charge < -0.3 is 0 Å². The first kappa shape index (κ1) is 13.5. The Morgan fingerprint density at radius 1 is 0.933 bits per heavy atom. The molecule has 1 aliphatic carbocycles. The molecule has 2 atom stereocenters. The van der Waals surface area contributed by atoms with Crippen molar-refractivity contribution < 1.29 is 0 Å². The maximum Gasteiger partial charge on any atom is 0.00313 e. The second-order valence-electron chi connectivity index (χ2n) is 5.23. The number of unbranched alkanes of at least 4 members (excludes halogenated alkanes) is 3. The molecular weight excluding hydrogens is 248 g/mol. The Morgan fingerprint density at radius 2 is 1.60 bits per heavy atom. The van der Waals surface area contributed by atoms with Crippen LogP contribution in [0.3, 0.4) is 0 Å². The van der Waals surface area contributed by atoms with E-state index in [1.165, 1.54) is 63.1 Å². The van der Waals surface area contributed by atoms with Crippen LogP contribution in [0, 0.1) is 11.8 Å². The van der Waals surface area contributed by atoms with E-state index in [9.17, 15) is 0 Å². The minimum atomic E-state index is 1.09. The SMILES string of the molecule is CCCCC1CCC(CCCCCBr)C1. The quantitative estimate of drug-likeness (QED) is 0.402. The zero-order valence-corrected chi connectivity index (χ0v) is 11.9. The molecule has 0 saturated heterocycles. The molecule has 0 nitrogen and oxygen atoms in total. The molecule has 1 heteroatoms. The maximum absolute atomic E-state index is 3.50. The summed E-state index contributed by atoms with van der Waals surface area (Å²) in [7, 11) is 0. The van der Waals surface area contributed by atoms with Crippen LogP contribution in [0.1, 0.15) is 71.1 Å². The predicted octanol–water partition coefficient (Wildman–Crippen LogP) is 5.55. The van der Waals surface area contributed by atoms with Gasteiger partial charge >= 0.3 is 0 Å². The van der Waals surface area contributed by atoms with Gasteiger partial charge in [-0.25, -0.2) is 0 Å². The van der Waals surface area contributed by atoms with Crippen LogP contribution in [0.4, 0.5) is 0 Å². The topological polar surface area (TPSA) is 0 Å². The summed E-state index contributed by atoms with van der Waals surface area (Å²) < 4.78 is 0. The lowest BCUT2D eigenvalue weighted by Gasteiger charge is -2.10. The zero-order chi connectivity index (χ0) is 10.9. The minimum absolute atomic E-state index is 1.09. The molecule has 0 aromatic rings. The largest absolute Gasteiger partial charge is 0.0928 e. The average molecular weight is 275 g/mol. The summed E-state index contributed by atoms with van der Waals surface area (Å²) in [4.78, 5) is 0. The molecule has 0 aromatic carbocycles. The number of halogens is 1. The smallest absolute Gasteiger partial charge is 0.00313 e. The van der Waals surface area contributed by atoms with E-state index >= 15 is 0 Å². The molecule has 15 heavy (non-hydrogen) atoms. The molecular formula is C14H27Br. The highest BCUT2D eigenvalue weighted by molar-refractivity contribution is 9.09. The van der Waals surface area contributed by atoms with Gasteiger partial charge in [-0.1, -0.05) is 74.2 Å². The summed E-state index contributed by atoms with van der Waals surface area (Å²) in [6.07, 6.45) is 14.7. The van der Waals surface area contributed by atoms with Gasteiger partial charge in [0.25, 0.3) is 0 Å². The van der Waals surface area contributed by atoms with Gasteiger partial charge in [0.05, 0.1) is 0 Å². The van der Waals surface area contributed by atoms with Crippen LogP contribution >= 0.6 is 15.9 Å². The lowest BCUT2D eigenvalue weighted by Crippen LogP contribution is -1.97. The fourth-order valence-corrected chi connectivity index (χ4v) is 3.30. The van der Waals surface area contributed by atoms with E-state index in [4.69, 9.17) is 0 Å². The fraction of sp³-hybridized carbons (Fsp3) is 1.00. The van der Waals surface area contributed by atoms with E-state index in [2.05, 4.69) is 22.9 Å². The van der Waals surface area contributed by atoms with Crippen LogP contribution in [-0.4, -0.2) is 5.33 Å². The van der Waals surface area contributed by atoms with Crippen molar-refractivity contribution in [1.82, 2.24) is 0 Å². The van der Waals surface area contributed by atoms with E-state index in [-0.39, 0.29) is 0 Å². The molecule has 2 unspecified atom stereocenters. The molecule has 90 valence electrons. The van der Waals surface area contributed by atoms with Crippen LogP contribution < -0.4 is 0 Å². The molecule has 0 amide bonds. The van der Waals surface area contributed by atoms with Crippen molar-refractivity contribution >= 4 is 15.9 Å². The van der Waals surface area contributed by atoms with Gasteiger partial charge in [-0.2, -0.15) is 0 Å². The maximum atomic E-state index is 3.50. The van der Waals surface area contributed by atoms with E-state index in [0.717, 1.165) is 11.8 Å². The minimum Gasteiger partial charge on any atom is -0.0928 e. The third kappa shape index (κ3) is 5.94. The summed E-state index contributed by atoms with van der Waals surface area (Å²) in [5.41, 5.74) is 0. The third-order valence-corrected chi connectivity index (χ3v) is 4.42. The Balaban J connectivity index is 1.98. The van der Waals surface area contributed by atoms with Crippen molar-refractivity contribution in [3.05, 3.63) is 0 Å². The van der Waals surface area contributed by atoms with Gasteiger partial charge in [-0.15, -0.1) is 0 Å². The number of alkyl halides is 1. The Kier molecular flexibility index (Phi) is 7.78. The number of rotatable bonds is 8. The van der Waals surface area contributed by atoms with Crippen LogP contribution in [0.15, 0.2) is 0 Å². The molecule has 1 saturated carbocycles. The van der Waals surface area contributed by atoms with Gasteiger partial charge in [0.2, 0.25) is 0 Å². The van der Waals surface area contributed by atoms with Crippen molar-refractivity contribution in [1.29, 1.82) is 0 Å². The summed E-state index contributed by atoms with van der Waals surface area (Å²) in [5, 5.41) is 1.19. The first-order valence-electron chi connectivity index (χ1n) is 6.92.